The number of carboxylic acids is 1. The average molecular weight is 383 g/mol. The highest BCUT2D eigenvalue weighted by atomic mass is 16.5. The number of hydrogen-bond acceptors (Lipinski definition) is 4. The van der Waals surface area contributed by atoms with E-state index in [9.17, 15) is 19.5 Å². The number of hydrogen-bond donors (Lipinski definition) is 2. The van der Waals surface area contributed by atoms with E-state index in [1.807, 2.05) is 60.7 Å². The highest BCUT2D eigenvalue weighted by Gasteiger charge is 2.30. The van der Waals surface area contributed by atoms with Crippen LogP contribution >= 0.6 is 0 Å². The Kier molecular flexibility index (Phi) is 7.75. The SMILES string of the molecule is CCOC(=O)[C@H](C)C[C@@H](NC(=O)C(c1ccccc1)c1ccccc1)C(=O)O. The molecule has 0 heterocycles. The third-order valence-electron chi connectivity index (χ3n) is 4.42. The lowest BCUT2D eigenvalue weighted by Gasteiger charge is -2.22. The molecule has 6 nitrogen and oxygen atoms in total. The molecule has 2 rings (SSSR count). The summed E-state index contributed by atoms with van der Waals surface area (Å²) in [6.07, 6.45) is -0.0454. The topological polar surface area (TPSA) is 92.7 Å². The van der Waals surface area contributed by atoms with Crippen molar-refractivity contribution in [2.45, 2.75) is 32.2 Å². The Bertz CT molecular complexity index is 752. The van der Waals surface area contributed by atoms with Gasteiger partial charge in [-0.25, -0.2) is 4.79 Å². The van der Waals surface area contributed by atoms with Crippen molar-refractivity contribution in [2.24, 2.45) is 5.92 Å². The third kappa shape index (κ3) is 5.67. The number of nitrogens with one attached hydrogen (secondary N) is 1. The van der Waals surface area contributed by atoms with Gasteiger partial charge in [-0.2, -0.15) is 0 Å². The van der Waals surface area contributed by atoms with Gasteiger partial charge in [0.1, 0.15) is 6.04 Å². The van der Waals surface area contributed by atoms with Crippen molar-refractivity contribution >= 4 is 17.8 Å². The lowest BCUT2D eigenvalue weighted by molar-refractivity contribution is -0.149. The first-order valence-corrected chi connectivity index (χ1v) is 9.23. The van der Waals surface area contributed by atoms with Gasteiger partial charge in [-0.05, 0) is 24.5 Å². The predicted molar refractivity (Wildman–Crippen MR) is 105 cm³/mol. The van der Waals surface area contributed by atoms with Gasteiger partial charge in [0.05, 0.1) is 18.4 Å². The zero-order valence-corrected chi connectivity index (χ0v) is 16.0. The first-order chi connectivity index (χ1) is 13.4. The number of carbonyl (C=O) groups is 3. The maximum Gasteiger partial charge on any atom is 0.326 e. The van der Waals surface area contributed by atoms with E-state index in [1.165, 1.54) is 0 Å². The molecule has 0 spiro atoms. The van der Waals surface area contributed by atoms with Crippen LogP contribution in [0.1, 0.15) is 37.3 Å². The maximum atomic E-state index is 13.0. The molecule has 28 heavy (non-hydrogen) atoms. The Balaban J connectivity index is 2.23. The fourth-order valence-corrected chi connectivity index (χ4v) is 3.00. The summed E-state index contributed by atoms with van der Waals surface area (Å²) < 4.78 is 4.93. The van der Waals surface area contributed by atoms with Gasteiger partial charge < -0.3 is 15.2 Å². The molecule has 6 heteroatoms. The molecular weight excluding hydrogens is 358 g/mol. The first kappa shape index (κ1) is 21.2. The predicted octanol–water partition coefficient (Wildman–Crippen LogP) is 2.98. The smallest absolute Gasteiger partial charge is 0.326 e. The van der Waals surface area contributed by atoms with Crippen LogP contribution in [0.5, 0.6) is 0 Å². The van der Waals surface area contributed by atoms with Gasteiger partial charge in [0.2, 0.25) is 5.91 Å². The van der Waals surface area contributed by atoms with Crippen molar-refractivity contribution in [2.75, 3.05) is 6.61 Å². The van der Waals surface area contributed by atoms with Gasteiger partial charge in [0, 0.05) is 0 Å². The number of aliphatic carboxylic acids is 1. The van der Waals surface area contributed by atoms with Crippen molar-refractivity contribution in [1.29, 1.82) is 0 Å². The number of amides is 1. The van der Waals surface area contributed by atoms with Crippen LogP contribution in [-0.4, -0.2) is 35.6 Å². The molecule has 148 valence electrons. The zero-order chi connectivity index (χ0) is 20.5. The van der Waals surface area contributed by atoms with Crippen LogP contribution in [0.4, 0.5) is 0 Å². The molecule has 0 fully saturated rings. The van der Waals surface area contributed by atoms with Gasteiger partial charge >= 0.3 is 11.9 Å². The Morgan fingerprint density at radius 3 is 1.89 bits per heavy atom. The summed E-state index contributed by atoms with van der Waals surface area (Å²) in [5.74, 6) is -3.40. The summed E-state index contributed by atoms with van der Waals surface area (Å²) in [5, 5.41) is 12.1. The monoisotopic (exact) mass is 383 g/mol. The summed E-state index contributed by atoms with van der Waals surface area (Å²) in [4.78, 5) is 36.6. The molecule has 1 amide bonds. The Morgan fingerprint density at radius 1 is 0.964 bits per heavy atom. The standard InChI is InChI=1S/C22H25NO5/c1-3-28-22(27)15(2)14-18(21(25)26)23-20(24)19(16-10-6-4-7-11-16)17-12-8-5-9-13-17/h4-13,15,18-19H,3,14H2,1-2H3,(H,23,24)(H,25,26)/t15-,18-/m1/s1. The van der Waals surface area contributed by atoms with Crippen LogP contribution < -0.4 is 5.32 Å². The quantitative estimate of drug-likeness (QED) is 0.650. The second kappa shape index (κ2) is 10.3. The van der Waals surface area contributed by atoms with E-state index in [2.05, 4.69) is 5.32 Å². The molecule has 0 unspecified atom stereocenters. The largest absolute Gasteiger partial charge is 0.480 e. The Labute approximate surface area is 164 Å². The summed E-state index contributed by atoms with van der Waals surface area (Å²) >= 11 is 0. The van der Waals surface area contributed by atoms with Gasteiger partial charge in [-0.15, -0.1) is 0 Å². The molecular formula is C22H25NO5. The summed E-state index contributed by atoms with van der Waals surface area (Å²) in [6, 6.07) is 17.1. The second-order valence-electron chi connectivity index (χ2n) is 6.54. The molecule has 0 bridgehead atoms. The molecule has 2 aromatic carbocycles. The van der Waals surface area contributed by atoms with Crippen molar-refractivity contribution < 1.29 is 24.2 Å². The van der Waals surface area contributed by atoms with Gasteiger partial charge in [-0.3, -0.25) is 9.59 Å². The molecule has 0 saturated heterocycles. The fraction of sp³-hybridized carbons (Fsp3) is 0.318. The fourth-order valence-electron chi connectivity index (χ4n) is 3.00. The van der Waals surface area contributed by atoms with Crippen LogP contribution in [0.25, 0.3) is 0 Å². The van der Waals surface area contributed by atoms with E-state index >= 15 is 0 Å². The molecule has 0 aromatic heterocycles. The first-order valence-electron chi connectivity index (χ1n) is 9.23. The van der Waals surface area contributed by atoms with Crippen molar-refractivity contribution in [3.63, 3.8) is 0 Å². The van der Waals surface area contributed by atoms with E-state index < -0.39 is 35.7 Å². The summed E-state index contributed by atoms with van der Waals surface area (Å²) in [5.41, 5.74) is 1.52. The van der Waals surface area contributed by atoms with Crippen LogP contribution in [0.2, 0.25) is 0 Å². The molecule has 2 N–H and O–H groups in total. The molecule has 2 aromatic rings. The van der Waals surface area contributed by atoms with Crippen molar-refractivity contribution in [3.05, 3.63) is 71.8 Å². The average Bonchev–Trinajstić information content (AvgIpc) is 2.69. The molecule has 0 aliphatic heterocycles. The minimum Gasteiger partial charge on any atom is -0.480 e. The van der Waals surface area contributed by atoms with Crippen LogP contribution in [-0.2, 0) is 19.1 Å². The van der Waals surface area contributed by atoms with Gasteiger partial charge in [0.25, 0.3) is 0 Å². The number of carbonyl (C=O) groups excluding carboxylic acids is 2. The summed E-state index contributed by atoms with van der Waals surface area (Å²) in [6.45, 7) is 3.49. The van der Waals surface area contributed by atoms with E-state index in [1.54, 1.807) is 13.8 Å². The highest BCUT2D eigenvalue weighted by molar-refractivity contribution is 5.90. The number of benzene rings is 2. The van der Waals surface area contributed by atoms with E-state index in [0.717, 1.165) is 11.1 Å². The van der Waals surface area contributed by atoms with Crippen LogP contribution in [0.15, 0.2) is 60.7 Å². The Morgan fingerprint density at radius 2 is 1.46 bits per heavy atom. The molecule has 0 aliphatic rings. The minimum atomic E-state index is -1.19. The highest BCUT2D eigenvalue weighted by Crippen LogP contribution is 2.25. The lowest BCUT2D eigenvalue weighted by Crippen LogP contribution is -2.44. The maximum absolute atomic E-state index is 13.0. The third-order valence-corrected chi connectivity index (χ3v) is 4.42. The Hall–Kier alpha value is -3.15. The van der Waals surface area contributed by atoms with E-state index in [-0.39, 0.29) is 13.0 Å². The van der Waals surface area contributed by atoms with Crippen LogP contribution in [0, 0.1) is 5.92 Å². The lowest BCUT2D eigenvalue weighted by atomic mass is 9.90. The second-order valence-corrected chi connectivity index (χ2v) is 6.54. The van der Waals surface area contributed by atoms with Gasteiger partial charge in [-0.1, -0.05) is 67.6 Å². The molecule has 0 radical (unpaired) electrons. The number of ether oxygens (including phenoxy) is 1. The summed E-state index contributed by atoms with van der Waals surface area (Å²) in [7, 11) is 0. The van der Waals surface area contributed by atoms with E-state index in [0.29, 0.717) is 0 Å². The van der Waals surface area contributed by atoms with Crippen molar-refractivity contribution in [3.8, 4) is 0 Å². The molecule has 0 aliphatic carbocycles. The number of rotatable bonds is 9. The number of esters is 1. The minimum absolute atomic E-state index is 0.0454. The van der Waals surface area contributed by atoms with Crippen molar-refractivity contribution in [1.82, 2.24) is 5.32 Å². The van der Waals surface area contributed by atoms with Crippen LogP contribution in [0.3, 0.4) is 0 Å². The molecule has 2 atom stereocenters. The van der Waals surface area contributed by atoms with E-state index in [4.69, 9.17) is 4.74 Å². The normalized spacial score (nSPS) is 12.8. The molecule has 0 saturated carbocycles. The van der Waals surface area contributed by atoms with Gasteiger partial charge in [0.15, 0.2) is 0 Å². The number of carboxylic acid groups (broad SMARTS) is 1. The zero-order valence-electron chi connectivity index (χ0n) is 16.0.